The number of aliphatic hydroxyl groups excluding tert-OH is 3. The first-order valence-corrected chi connectivity index (χ1v) is 28.0. The Morgan fingerprint density at radius 2 is 1.56 bits per heavy atom. The number of benzene rings is 2. The third-order valence-electron chi connectivity index (χ3n) is 17.4. The van der Waals surface area contributed by atoms with E-state index in [2.05, 4.69) is 17.2 Å². The molecule has 2 aromatic carbocycles. The molecule has 6 N–H and O–H groups in total. The maximum Gasteiger partial charge on any atom is 0.312 e. The van der Waals surface area contributed by atoms with Crippen molar-refractivity contribution >= 4 is 51.6 Å². The summed E-state index contributed by atoms with van der Waals surface area (Å²) < 4.78 is 48.0. The number of phenols is 1. The maximum absolute atomic E-state index is 16.3. The lowest BCUT2D eigenvalue weighted by atomic mass is 9.78. The fourth-order valence-corrected chi connectivity index (χ4v) is 12.5. The summed E-state index contributed by atoms with van der Waals surface area (Å²) in [6, 6.07) is 0.990. The van der Waals surface area contributed by atoms with Gasteiger partial charge in [0.05, 0.1) is 64.8 Å². The molecule has 21 heteroatoms. The third kappa shape index (κ3) is 10.7. The summed E-state index contributed by atoms with van der Waals surface area (Å²) in [6.07, 6.45) is 7.97. The number of rotatable bonds is 9. The summed E-state index contributed by atoms with van der Waals surface area (Å²) in [5.74, 6) is -10.5. The minimum Gasteiger partial charge on any atom is -0.508 e. The number of aromatic hydroxyl groups is 1. The standard InChI is InChI=1S/C61H74FN5O15/c1-28-13-12-14-29(2)60(77)64-46-49(65-21-17-36(18-22-65)63-37-19-23-66(26-37)48-41(62)25-39-47(58(48)79-11)67(38-15-16-38)27-40(34(7)68)53(39)73)55(75)43-44(54(46)74)52(72)33(6)57-45(43)59(76)61(9,82-57)80-24-20-42(78-10)30(3)56(81-35(8)69)32(5)51(71)31(4)50(28)70/h12-14,20,24-25,27-28,30-32,36-38,42,50-51,56,63,68,70-72H,7,15-19,21-23,26H2,1-6,8-11H3,(H,64,77)/b13-12+,24-20+,29-14-/t28-,30+,31+,32+,37?,42-,50-,51+,56+,61-/m0/s1. The highest BCUT2D eigenvalue weighted by molar-refractivity contribution is 6.32. The minimum absolute atomic E-state index is 0.00829. The first kappa shape index (κ1) is 59.3. The highest BCUT2D eigenvalue weighted by Crippen LogP contribution is 2.50. The molecule has 0 spiro atoms. The van der Waals surface area contributed by atoms with Gasteiger partial charge in [-0.1, -0.05) is 52.5 Å². The van der Waals surface area contributed by atoms with Gasteiger partial charge in [0.25, 0.3) is 11.7 Å². The van der Waals surface area contributed by atoms with Gasteiger partial charge in [-0.05, 0) is 58.1 Å². The van der Waals surface area contributed by atoms with Crippen LogP contribution in [-0.2, 0) is 23.8 Å². The number of anilines is 1. The molecule has 6 heterocycles. The highest BCUT2D eigenvalue weighted by atomic mass is 19.1. The van der Waals surface area contributed by atoms with Gasteiger partial charge in [0.1, 0.15) is 40.4 Å². The molecule has 2 aliphatic carbocycles. The molecule has 3 aromatic rings. The third-order valence-corrected chi connectivity index (χ3v) is 17.4. The van der Waals surface area contributed by atoms with E-state index in [0.717, 1.165) is 12.8 Å². The zero-order valence-corrected chi connectivity index (χ0v) is 48.0. The van der Waals surface area contributed by atoms with Gasteiger partial charge >= 0.3 is 11.8 Å². The molecule has 5 aliphatic heterocycles. The van der Waals surface area contributed by atoms with E-state index in [0.29, 0.717) is 37.9 Å². The zero-order chi connectivity index (χ0) is 59.5. The van der Waals surface area contributed by atoms with Crippen molar-refractivity contribution in [2.24, 2.45) is 23.7 Å². The van der Waals surface area contributed by atoms with Crippen molar-refractivity contribution in [2.75, 3.05) is 45.3 Å². The average Bonchev–Trinajstić information content (AvgIpc) is 4.33. The van der Waals surface area contributed by atoms with Crippen LogP contribution in [0.4, 0.5) is 10.1 Å². The smallest absolute Gasteiger partial charge is 0.312 e. The van der Waals surface area contributed by atoms with E-state index < -0.39 is 123 Å². The number of nitrogens with one attached hydrogen (secondary N) is 2. The Kier molecular flexibility index (Phi) is 16.7. The van der Waals surface area contributed by atoms with Gasteiger partial charge in [-0.15, -0.1) is 0 Å². The number of hydrogen-bond acceptors (Lipinski definition) is 18. The van der Waals surface area contributed by atoms with Crippen molar-refractivity contribution in [3.8, 4) is 17.2 Å². The van der Waals surface area contributed by atoms with Crippen molar-refractivity contribution < 1.29 is 72.5 Å². The van der Waals surface area contributed by atoms with Gasteiger partial charge in [-0.2, -0.15) is 0 Å². The molecule has 1 saturated carbocycles. The predicted octanol–water partition coefficient (Wildman–Crippen LogP) is 6.62. The van der Waals surface area contributed by atoms with E-state index in [9.17, 15) is 39.6 Å². The zero-order valence-electron chi connectivity index (χ0n) is 48.0. The molecule has 82 heavy (non-hydrogen) atoms. The van der Waals surface area contributed by atoms with Crippen LogP contribution in [0, 0.1) is 36.4 Å². The number of esters is 1. The molecule has 5 bridgehead atoms. The fraction of sp³-hybridized carbons (Fsp3) is 0.508. The maximum atomic E-state index is 16.3. The van der Waals surface area contributed by atoms with Crippen LogP contribution in [0.1, 0.15) is 129 Å². The number of hydrogen-bond donors (Lipinski definition) is 6. The number of nitrogens with zero attached hydrogens (tertiary/aromatic N) is 3. The highest BCUT2D eigenvalue weighted by Gasteiger charge is 2.53. The van der Waals surface area contributed by atoms with Crippen molar-refractivity contribution in [3.63, 3.8) is 0 Å². The monoisotopic (exact) mass is 1140 g/mol. The van der Waals surface area contributed by atoms with Crippen LogP contribution < -0.4 is 30.4 Å². The van der Waals surface area contributed by atoms with Crippen LogP contribution in [0.5, 0.6) is 17.2 Å². The van der Waals surface area contributed by atoms with E-state index in [1.165, 1.54) is 66.4 Å². The van der Waals surface area contributed by atoms with Crippen molar-refractivity contribution in [1.29, 1.82) is 0 Å². The van der Waals surface area contributed by atoms with Crippen LogP contribution in [0.3, 0.4) is 0 Å². The summed E-state index contributed by atoms with van der Waals surface area (Å²) >= 11 is 0. The molecule has 1 amide bonds. The number of aliphatic hydroxyl groups is 3. The molecule has 10 atom stereocenters. The number of fused-ring (bicyclic) bond motifs is 15. The number of aromatic nitrogens is 1. The molecule has 20 nitrogen and oxygen atoms in total. The van der Waals surface area contributed by atoms with Crippen molar-refractivity contribution in [1.82, 2.24) is 20.1 Å². The first-order chi connectivity index (χ1) is 38.8. The van der Waals surface area contributed by atoms with Crippen molar-refractivity contribution in [3.05, 3.63) is 110 Å². The number of likely N-dealkylation sites (tertiary alicyclic amines) is 1. The Morgan fingerprint density at radius 1 is 0.890 bits per heavy atom. The van der Waals surface area contributed by atoms with Gasteiger partial charge in [-0.25, -0.2) is 4.39 Å². The van der Waals surface area contributed by atoms with Crippen LogP contribution >= 0.6 is 0 Å². The number of phenolic OH excluding ortho intramolecular Hbond substituents is 1. The largest absolute Gasteiger partial charge is 0.508 e. The lowest BCUT2D eigenvalue weighted by molar-refractivity contribution is -0.160. The molecule has 3 fully saturated rings. The Balaban J connectivity index is 1.02. The fourth-order valence-electron chi connectivity index (χ4n) is 12.5. The molecule has 1 unspecified atom stereocenters. The second-order valence-electron chi connectivity index (χ2n) is 23.0. The van der Waals surface area contributed by atoms with E-state index in [4.69, 9.17) is 23.7 Å². The quantitative estimate of drug-likeness (QED) is 0.0971. The second kappa shape index (κ2) is 23.1. The van der Waals surface area contributed by atoms with Gasteiger partial charge < -0.3 is 69.1 Å². The number of ether oxygens (including phenoxy) is 5. The van der Waals surface area contributed by atoms with Crippen LogP contribution in [0.2, 0.25) is 0 Å². The summed E-state index contributed by atoms with van der Waals surface area (Å²) in [5.41, 5.74) is -1.64. The number of pyridine rings is 1. The van der Waals surface area contributed by atoms with E-state index in [1.807, 2.05) is 9.47 Å². The number of halogens is 1. The Hall–Kier alpha value is -7.33. The number of carbonyl (C=O) groups is 5. The second-order valence-corrected chi connectivity index (χ2v) is 23.0. The molecular formula is C61H74FN5O15. The van der Waals surface area contributed by atoms with Gasteiger partial charge in [0.15, 0.2) is 11.6 Å². The SMILES string of the molecule is C=C(O)c1cn(C2CC2)c2c(OC)c(N3CCC(NC4CCN(C5=C6NC(=O)/C(C)=C\C=C\[C@H](C)[C@H](O)[C@@H](C)[C@@H](O)[C@@H](C)[C@H](OC(C)=O)[C@H](C)[C@@H](OC)/C=C/O[C@@]7(C)Oc8c(C)c(O)c(c(c8C7=O)C5=O)C6=O)CC4)C3)c(F)cc2c1=O. The lowest BCUT2D eigenvalue weighted by Crippen LogP contribution is -2.49. The Labute approximate surface area is 474 Å². The molecule has 2 saturated heterocycles. The Bertz CT molecular complexity index is 3330. The normalized spacial score (nSPS) is 30.0. The predicted molar refractivity (Wildman–Crippen MR) is 301 cm³/mol. The number of amides is 1. The minimum atomic E-state index is -2.15. The lowest BCUT2D eigenvalue weighted by Gasteiger charge is -2.38. The van der Waals surface area contributed by atoms with Gasteiger partial charge in [0.2, 0.25) is 17.0 Å². The number of piperidine rings is 1. The van der Waals surface area contributed by atoms with Crippen LogP contribution in [-0.4, -0.2) is 142 Å². The van der Waals surface area contributed by atoms with Crippen molar-refractivity contribution in [2.45, 2.75) is 136 Å². The Morgan fingerprint density at radius 3 is 2.20 bits per heavy atom. The summed E-state index contributed by atoms with van der Waals surface area (Å²) in [7, 11) is 2.86. The number of methoxy groups -OCH3 is 2. The summed E-state index contributed by atoms with van der Waals surface area (Å²) in [4.78, 5) is 89.0. The molecule has 440 valence electrons. The molecule has 1 aromatic heterocycles. The number of carbonyl (C=O) groups excluding carboxylic acids is 5. The van der Waals surface area contributed by atoms with Crippen LogP contribution in [0.25, 0.3) is 16.7 Å². The number of ketones is 3. The molecule has 10 rings (SSSR count). The van der Waals surface area contributed by atoms with E-state index >= 15 is 14.0 Å². The molecular weight excluding hydrogens is 1060 g/mol. The number of allylic oxidation sites excluding steroid dienone is 4. The average molecular weight is 1140 g/mol. The number of Topliss-reactive ketones (excluding diaryl/α,β-unsaturated/α-hetero) is 3. The van der Waals surface area contributed by atoms with E-state index in [-0.39, 0.29) is 81.7 Å². The first-order valence-electron chi connectivity index (χ1n) is 28.0. The summed E-state index contributed by atoms with van der Waals surface area (Å²) in [6.45, 7) is 17.1. The van der Waals surface area contributed by atoms with E-state index in [1.54, 1.807) is 50.9 Å². The molecule has 7 aliphatic rings. The topological polar surface area (TPSA) is 265 Å². The van der Waals surface area contributed by atoms with Crippen LogP contribution in [0.15, 0.2) is 71.2 Å². The van der Waals surface area contributed by atoms with Gasteiger partial charge in [-0.3, -0.25) is 28.8 Å². The van der Waals surface area contributed by atoms with Gasteiger partial charge in [0, 0.05) is 106 Å². The summed E-state index contributed by atoms with van der Waals surface area (Å²) in [5, 5.41) is 51.7. The molecule has 0 radical (unpaired) electrons.